The van der Waals surface area contributed by atoms with Crippen LogP contribution in [0.3, 0.4) is 0 Å². The van der Waals surface area contributed by atoms with Crippen molar-refractivity contribution in [3.8, 4) is 0 Å². The monoisotopic (exact) mass is 1130 g/mol. The molecule has 0 bridgehead atoms. The molecule has 80 heavy (non-hydrogen) atoms. The number of rotatable bonds is 70. The van der Waals surface area contributed by atoms with Crippen LogP contribution < -0.4 is 5.32 Å². The fourth-order valence-electron chi connectivity index (χ4n) is 11.9. The number of amides is 1. The Labute approximate surface area is 501 Å². The molecule has 0 heterocycles. The Morgan fingerprint density at radius 3 is 0.850 bits per heavy atom. The summed E-state index contributed by atoms with van der Waals surface area (Å²) in [7, 11) is 0. The summed E-state index contributed by atoms with van der Waals surface area (Å²) < 4.78 is 5.48. The van der Waals surface area contributed by atoms with Crippen LogP contribution in [-0.2, 0) is 14.3 Å². The first-order valence-corrected chi connectivity index (χ1v) is 37.0. The van der Waals surface area contributed by atoms with E-state index in [1.54, 1.807) is 6.08 Å². The first kappa shape index (κ1) is 78.6. The van der Waals surface area contributed by atoms with E-state index < -0.39 is 12.1 Å². The number of esters is 1. The Kier molecular flexibility index (Phi) is 68.9. The zero-order valence-corrected chi connectivity index (χ0v) is 54.6. The van der Waals surface area contributed by atoms with Gasteiger partial charge in [0, 0.05) is 12.8 Å². The van der Waals surface area contributed by atoms with E-state index in [0.29, 0.717) is 19.4 Å². The third kappa shape index (κ3) is 65.7. The van der Waals surface area contributed by atoms with Gasteiger partial charge in [0.2, 0.25) is 5.91 Å². The standard InChI is InChI=1S/C74H145NO5/c1-3-5-7-9-11-13-15-16-17-18-19-20-31-34-37-40-43-47-50-54-58-62-66-72(77)71(70-76)75-73(78)67-63-59-55-51-48-44-41-38-35-32-29-27-25-23-21-22-24-26-28-30-33-36-39-42-45-49-53-57-61-65-69-80-74(79)68-64-60-56-52-46-14-12-10-8-6-4-2/h62,66,71-72,76-77H,3-61,63-65,67-70H2,1-2H3,(H,75,78)/b66-62+. The highest BCUT2D eigenvalue weighted by atomic mass is 16.5. The number of aliphatic hydroxyl groups excluding tert-OH is 2. The molecule has 2 atom stereocenters. The van der Waals surface area contributed by atoms with E-state index in [1.807, 2.05) is 6.08 Å². The van der Waals surface area contributed by atoms with Gasteiger partial charge >= 0.3 is 5.97 Å². The van der Waals surface area contributed by atoms with Gasteiger partial charge in [-0.2, -0.15) is 0 Å². The lowest BCUT2D eigenvalue weighted by Gasteiger charge is -2.20. The molecule has 0 aliphatic heterocycles. The van der Waals surface area contributed by atoms with Crippen molar-refractivity contribution in [3.63, 3.8) is 0 Å². The van der Waals surface area contributed by atoms with Crippen LogP contribution in [0.2, 0.25) is 0 Å². The van der Waals surface area contributed by atoms with Crippen molar-refractivity contribution in [3.05, 3.63) is 12.2 Å². The summed E-state index contributed by atoms with van der Waals surface area (Å²) in [5.41, 5.74) is 0. The maximum absolute atomic E-state index is 12.5. The highest BCUT2D eigenvalue weighted by Gasteiger charge is 2.18. The average molecular weight is 1130 g/mol. The molecule has 2 unspecified atom stereocenters. The van der Waals surface area contributed by atoms with Crippen LogP contribution in [0.5, 0.6) is 0 Å². The quantitative estimate of drug-likeness (QED) is 0.0320. The molecule has 1 amide bonds. The molecule has 0 saturated carbocycles. The zero-order chi connectivity index (χ0) is 57.8. The molecule has 0 aromatic carbocycles. The minimum absolute atomic E-state index is 0.0205. The van der Waals surface area contributed by atoms with Gasteiger partial charge in [0.1, 0.15) is 0 Å². The lowest BCUT2D eigenvalue weighted by Crippen LogP contribution is -2.45. The Balaban J connectivity index is 3.36. The molecule has 0 aliphatic carbocycles. The summed E-state index contributed by atoms with van der Waals surface area (Å²) in [6.45, 7) is 4.95. The summed E-state index contributed by atoms with van der Waals surface area (Å²) in [5.74, 6) is -0.0385. The SMILES string of the molecule is CCCCCCCCCCCCCCCCCCCCCC/C=C/C(O)C(CO)NC(=O)CCCCCCCCCCCCCCCCCCCCCCCCCCCCCCCCOC(=O)CCCCCCCCCCCCC. The van der Waals surface area contributed by atoms with Crippen molar-refractivity contribution in [1.82, 2.24) is 5.32 Å². The van der Waals surface area contributed by atoms with Gasteiger partial charge in [-0.3, -0.25) is 9.59 Å². The topological polar surface area (TPSA) is 95.9 Å². The Hall–Kier alpha value is -1.40. The first-order chi connectivity index (χ1) is 39.5. The second-order valence-electron chi connectivity index (χ2n) is 25.6. The molecule has 0 aromatic rings. The number of carbonyl (C=O) groups excluding carboxylic acids is 2. The smallest absolute Gasteiger partial charge is 0.305 e. The van der Waals surface area contributed by atoms with Gasteiger partial charge in [-0.1, -0.05) is 392 Å². The van der Waals surface area contributed by atoms with Crippen LogP contribution in [0.1, 0.15) is 425 Å². The number of carbonyl (C=O) groups is 2. The molecule has 476 valence electrons. The van der Waals surface area contributed by atoms with Crippen LogP contribution >= 0.6 is 0 Å². The van der Waals surface area contributed by atoms with Gasteiger partial charge in [-0.15, -0.1) is 0 Å². The van der Waals surface area contributed by atoms with Gasteiger partial charge in [-0.05, 0) is 32.1 Å². The fourth-order valence-corrected chi connectivity index (χ4v) is 11.9. The first-order valence-electron chi connectivity index (χ1n) is 37.0. The van der Waals surface area contributed by atoms with Crippen LogP contribution in [0.15, 0.2) is 12.2 Å². The zero-order valence-electron chi connectivity index (χ0n) is 54.6. The second-order valence-corrected chi connectivity index (χ2v) is 25.6. The number of nitrogens with one attached hydrogen (secondary N) is 1. The van der Waals surface area contributed by atoms with Crippen molar-refractivity contribution >= 4 is 11.9 Å². The van der Waals surface area contributed by atoms with Gasteiger partial charge in [0.15, 0.2) is 0 Å². The van der Waals surface area contributed by atoms with E-state index in [2.05, 4.69) is 19.2 Å². The van der Waals surface area contributed by atoms with Gasteiger partial charge < -0.3 is 20.3 Å². The predicted octanol–water partition coefficient (Wildman–Crippen LogP) is 23.9. The van der Waals surface area contributed by atoms with E-state index >= 15 is 0 Å². The molecule has 0 spiro atoms. The van der Waals surface area contributed by atoms with E-state index in [4.69, 9.17) is 4.74 Å². The van der Waals surface area contributed by atoms with E-state index in [1.165, 1.54) is 360 Å². The summed E-state index contributed by atoms with van der Waals surface area (Å²) in [5, 5.41) is 23.3. The number of hydrogen-bond donors (Lipinski definition) is 3. The van der Waals surface area contributed by atoms with Gasteiger partial charge in [0.05, 0.1) is 25.4 Å². The van der Waals surface area contributed by atoms with E-state index in [-0.39, 0.29) is 18.5 Å². The largest absolute Gasteiger partial charge is 0.466 e. The van der Waals surface area contributed by atoms with Crippen LogP contribution in [-0.4, -0.2) is 47.4 Å². The summed E-state index contributed by atoms with van der Waals surface area (Å²) >= 11 is 0. The minimum Gasteiger partial charge on any atom is -0.466 e. The lowest BCUT2D eigenvalue weighted by molar-refractivity contribution is -0.143. The predicted molar refractivity (Wildman–Crippen MR) is 352 cm³/mol. The molecule has 6 nitrogen and oxygen atoms in total. The Bertz CT molecular complexity index is 1210. The van der Waals surface area contributed by atoms with Crippen LogP contribution in [0.4, 0.5) is 0 Å². The van der Waals surface area contributed by atoms with E-state index in [9.17, 15) is 19.8 Å². The highest BCUT2D eigenvalue weighted by Crippen LogP contribution is 2.20. The van der Waals surface area contributed by atoms with E-state index in [0.717, 1.165) is 38.5 Å². The number of allylic oxidation sites excluding steroid dienone is 1. The maximum Gasteiger partial charge on any atom is 0.305 e. The average Bonchev–Trinajstić information content (AvgIpc) is 3.46. The normalized spacial score (nSPS) is 12.5. The van der Waals surface area contributed by atoms with Crippen molar-refractivity contribution in [2.45, 2.75) is 437 Å². The molecule has 0 aliphatic rings. The summed E-state index contributed by atoms with van der Waals surface area (Å²) in [4.78, 5) is 24.6. The molecule has 3 N–H and O–H groups in total. The van der Waals surface area contributed by atoms with Gasteiger partial charge in [0.25, 0.3) is 0 Å². The molecule has 6 heteroatoms. The summed E-state index contributed by atoms with van der Waals surface area (Å²) in [6.07, 6.45) is 87.4. The number of hydrogen-bond acceptors (Lipinski definition) is 5. The highest BCUT2D eigenvalue weighted by molar-refractivity contribution is 5.76. The van der Waals surface area contributed by atoms with Crippen molar-refractivity contribution < 1.29 is 24.5 Å². The molecule has 0 fully saturated rings. The Morgan fingerprint density at radius 1 is 0.338 bits per heavy atom. The fraction of sp³-hybridized carbons (Fsp3) is 0.946. The van der Waals surface area contributed by atoms with Gasteiger partial charge in [-0.25, -0.2) is 0 Å². The lowest BCUT2D eigenvalue weighted by atomic mass is 10.0. The van der Waals surface area contributed by atoms with Crippen molar-refractivity contribution in [1.29, 1.82) is 0 Å². The summed E-state index contributed by atoms with van der Waals surface area (Å²) in [6, 6.07) is -0.625. The molecular formula is C74H145NO5. The molecular weight excluding hydrogens is 983 g/mol. The second kappa shape index (κ2) is 70.1. The number of aliphatic hydroxyl groups is 2. The third-order valence-electron chi connectivity index (χ3n) is 17.6. The molecule has 0 aromatic heterocycles. The third-order valence-corrected chi connectivity index (χ3v) is 17.6. The van der Waals surface area contributed by atoms with Crippen LogP contribution in [0, 0.1) is 0 Å². The van der Waals surface area contributed by atoms with Crippen molar-refractivity contribution in [2.75, 3.05) is 13.2 Å². The minimum atomic E-state index is -0.842. The number of ether oxygens (including phenoxy) is 1. The maximum atomic E-state index is 12.5. The van der Waals surface area contributed by atoms with Crippen molar-refractivity contribution in [2.24, 2.45) is 0 Å². The molecule has 0 rings (SSSR count). The Morgan fingerprint density at radius 2 is 0.575 bits per heavy atom. The number of unbranched alkanes of at least 4 members (excludes halogenated alkanes) is 59. The molecule has 0 saturated heterocycles. The molecule has 0 radical (unpaired) electrons. The van der Waals surface area contributed by atoms with Crippen LogP contribution in [0.25, 0.3) is 0 Å².